The molecule has 5 heteroatoms. The molecule has 0 spiro atoms. The molecule has 1 aliphatic heterocycles. The molecule has 3 N–H and O–H groups in total. The number of hydrogen-bond donors (Lipinski definition) is 2. The summed E-state index contributed by atoms with van der Waals surface area (Å²) < 4.78 is 5.59. The Morgan fingerprint density at radius 2 is 2.28 bits per heavy atom. The van der Waals surface area contributed by atoms with Crippen LogP contribution in [0.25, 0.3) is 0 Å². The van der Waals surface area contributed by atoms with Gasteiger partial charge in [-0.15, -0.1) is 0 Å². The van der Waals surface area contributed by atoms with Gasteiger partial charge in [0.25, 0.3) is 0 Å². The molecule has 1 saturated heterocycles. The highest BCUT2D eigenvalue weighted by molar-refractivity contribution is 5.77. The molecule has 1 fully saturated rings. The molecule has 0 amide bonds. The Morgan fingerprint density at radius 3 is 2.94 bits per heavy atom. The lowest BCUT2D eigenvalue weighted by Crippen LogP contribution is -2.44. The van der Waals surface area contributed by atoms with E-state index < -0.39 is 11.5 Å². The summed E-state index contributed by atoms with van der Waals surface area (Å²) in [5, 5.41) is 8.91. The van der Waals surface area contributed by atoms with Crippen molar-refractivity contribution >= 4 is 5.97 Å². The van der Waals surface area contributed by atoms with Crippen molar-refractivity contribution in [1.29, 1.82) is 0 Å². The largest absolute Gasteiger partial charge is 0.480 e. The first-order valence-electron chi connectivity index (χ1n) is 6.78. The van der Waals surface area contributed by atoms with Gasteiger partial charge in [0.1, 0.15) is 5.54 Å². The van der Waals surface area contributed by atoms with E-state index in [9.17, 15) is 4.79 Å². The topological polar surface area (TPSA) is 75.8 Å². The summed E-state index contributed by atoms with van der Waals surface area (Å²) in [6.45, 7) is 7.57. The van der Waals surface area contributed by atoms with Crippen LogP contribution in [0.4, 0.5) is 0 Å². The van der Waals surface area contributed by atoms with Gasteiger partial charge in [-0.3, -0.25) is 4.79 Å². The van der Waals surface area contributed by atoms with Crippen LogP contribution in [-0.4, -0.2) is 53.9 Å². The van der Waals surface area contributed by atoms with Crippen molar-refractivity contribution in [3.05, 3.63) is 0 Å². The van der Waals surface area contributed by atoms with Crippen molar-refractivity contribution in [2.24, 2.45) is 5.73 Å². The van der Waals surface area contributed by atoms with Gasteiger partial charge < -0.3 is 20.5 Å². The minimum absolute atomic E-state index is 0.297. The molecule has 0 saturated carbocycles. The van der Waals surface area contributed by atoms with Crippen LogP contribution < -0.4 is 5.73 Å². The molecule has 0 aromatic carbocycles. The molecule has 1 heterocycles. The summed E-state index contributed by atoms with van der Waals surface area (Å²) in [4.78, 5) is 13.2. The molecule has 18 heavy (non-hydrogen) atoms. The number of ether oxygens (including phenoxy) is 1. The number of carboxylic acid groups (broad SMARTS) is 1. The maximum absolute atomic E-state index is 10.9. The van der Waals surface area contributed by atoms with Gasteiger partial charge in [0.2, 0.25) is 0 Å². The Hall–Kier alpha value is -0.650. The summed E-state index contributed by atoms with van der Waals surface area (Å²) >= 11 is 0. The maximum Gasteiger partial charge on any atom is 0.323 e. The highest BCUT2D eigenvalue weighted by atomic mass is 16.5. The van der Waals surface area contributed by atoms with Crippen molar-refractivity contribution in [2.45, 2.75) is 51.2 Å². The summed E-state index contributed by atoms with van der Waals surface area (Å²) in [6, 6.07) is 0. The smallest absolute Gasteiger partial charge is 0.323 e. The van der Waals surface area contributed by atoms with E-state index in [1.165, 1.54) is 0 Å². The second kappa shape index (κ2) is 7.07. The fourth-order valence-electron chi connectivity index (χ4n) is 2.22. The zero-order valence-corrected chi connectivity index (χ0v) is 11.5. The van der Waals surface area contributed by atoms with Crippen molar-refractivity contribution in [3.8, 4) is 0 Å². The first-order valence-corrected chi connectivity index (χ1v) is 6.78. The zero-order valence-electron chi connectivity index (χ0n) is 11.5. The highest BCUT2D eigenvalue weighted by Crippen LogP contribution is 2.12. The molecule has 0 bridgehead atoms. The van der Waals surface area contributed by atoms with Crippen molar-refractivity contribution < 1.29 is 14.6 Å². The van der Waals surface area contributed by atoms with E-state index in [4.69, 9.17) is 15.6 Å². The number of carbonyl (C=O) groups is 1. The Balaban J connectivity index is 2.19. The third kappa shape index (κ3) is 5.33. The SMILES string of the molecule is CC1CN(CCCCC(C)(N)C(=O)O)CCCO1. The van der Waals surface area contributed by atoms with E-state index in [0.29, 0.717) is 12.5 Å². The fourth-order valence-corrected chi connectivity index (χ4v) is 2.22. The molecule has 2 unspecified atom stereocenters. The third-order valence-corrected chi connectivity index (χ3v) is 3.45. The fraction of sp³-hybridized carbons (Fsp3) is 0.923. The highest BCUT2D eigenvalue weighted by Gasteiger charge is 2.26. The zero-order chi connectivity index (χ0) is 13.6. The number of nitrogens with two attached hydrogens (primary N) is 1. The Morgan fingerprint density at radius 1 is 1.56 bits per heavy atom. The minimum Gasteiger partial charge on any atom is -0.480 e. The molecule has 0 radical (unpaired) electrons. The van der Waals surface area contributed by atoms with Gasteiger partial charge in [0.15, 0.2) is 0 Å². The summed E-state index contributed by atoms with van der Waals surface area (Å²) in [5.41, 5.74) is 4.60. The first kappa shape index (κ1) is 15.4. The van der Waals surface area contributed by atoms with Crippen LogP contribution in [0.1, 0.15) is 39.5 Å². The van der Waals surface area contributed by atoms with Crippen LogP contribution in [0.15, 0.2) is 0 Å². The number of aliphatic carboxylic acids is 1. The van der Waals surface area contributed by atoms with E-state index in [2.05, 4.69) is 11.8 Å². The van der Waals surface area contributed by atoms with E-state index in [1.807, 2.05) is 0 Å². The van der Waals surface area contributed by atoms with Gasteiger partial charge in [-0.1, -0.05) is 0 Å². The van der Waals surface area contributed by atoms with Crippen LogP contribution in [0.3, 0.4) is 0 Å². The van der Waals surface area contributed by atoms with Gasteiger partial charge >= 0.3 is 5.97 Å². The van der Waals surface area contributed by atoms with Crippen molar-refractivity contribution in [1.82, 2.24) is 4.90 Å². The number of carboxylic acids is 1. The molecule has 0 aromatic rings. The van der Waals surface area contributed by atoms with Gasteiger partial charge in [-0.05, 0) is 46.1 Å². The third-order valence-electron chi connectivity index (χ3n) is 3.45. The minimum atomic E-state index is -1.09. The van der Waals surface area contributed by atoms with Crippen molar-refractivity contribution in [2.75, 3.05) is 26.2 Å². The van der Waals surface area contributed by atoms with Gasteiger partial charge in [-0.25, -0.2) is 0 Å². The van der Waals surface area contributed by atoms with E-state index in [0.717, 1.165) is 45.5 Å². The molecule has 0 aliphatic carbocycles. The quantitative estimate of drug-likeness (QED) is 0.697. The molecule has 1 aliphatic rings. The molecule has 106 valence electrons. The average Bonchev–Trinajstić information content (AvgIpc) is 2.49. The van der Waals surface area contributed by atoms with Gasteiger partial charge in [-0.2, -0.15) is 0 Å². The Bertz CT molecular complexity index is 269. The normalized spacial score (nSPS) is 25.4. The van der Waals surface area contributed by atoms with Crippen LogP contribution >= 0.6 is 0 Å². The first-order chi connectivity index (χ1) is 8.42. The monoisotopic (exact) mass is 258 g/mol. The number of rotatable bonds is 6. The van der Waals surface area contributed by atoms with Crippen LogP contribution in [-0.2, 0) is 9.53 Å². The summed E-state index contributed by atoms with van der Waals surface area (Å²) in [5.74, 6) is -0.917. The van der Waals surface area contributed by atoms with Crippen LogP contribution in [0.2, 0.25) is 0 Å². The standard InChI is InChI=1S/C13H26N2O3/c1-11-10-15(8-5-9-18-11)7-4-3-6-13(2,14)12(16)17/h11H,3-10,14H2,1-2H3,(H,16,17). The lowest BCUT2D eigenvalue weighted by molar-refractivity contribution is -0.142. The van der Waals surface area contributed by atoms with E-state index >= 15 is 0 Å². The number of nitrogens with zero attached hydrogens (tertiary/aromatic N) is 1. The van der Waals surface area contributed by atoms with Crippen molar-refractivity contribution in [3.63, 3.8) is 0 Å². The average molecular weight is 258 g/mol. The summed E-state index contributed by atoms with van der Waals surface area (Å²) in [6.07, 6.45) is 3.75. The lowest BCUT2D eigenvalue weighted by atomic mass is 9.96. The number of hydrogen-bond acceptors (Lipinski definition) is 4. The lowest BCUT2D eigenvalue weighted by Gasteiger charge is -2.23. The molecule has 5 nitrogen and oxygen atoms in total. The maximum atomic E-state index is 10.9. The van der Waals surface area contributed by atoms with Crippen LogP contribution in [0, 0.1) is 0 Å². The molecule has 0 aromatic heterocycles. The molecular formula is C13H26N2O3. The second-order valence-electron chi connectivity index (χ2n) is 5.52. The van der Waals surface area contributed by atoms with E-state index in [-0.39, 0.29) is 0 Å². The van der Waals surface area contributed by atoms with Gasteiger partial charge in [0, 0.05) is 19.7 Å². The number of unbranched alkanes of at least 4 members (excludes halogenated alkanes) is 1. The second-order valence-corrected chi connectivity index (χ2v) is 5.52. The predicted octanol–water partition coefficient (Wildman–Crippen LogP) is 1.07. The molecule has 2 atom stereocenters. The van der Waals surface area contributed by atoms with Gasteiger partial charge in [0.05, 0.1) is 6.10 Å². The Kier molecular flexibility index (Phi) is 6.05. The molecule has 1 rings (SSSR count). The Labute approximate surface area is 109 Å². The molecular weight excluding hydrogens is 232 g/mol. The summed E-state index contributed by atoms with van der Waals surface area (Å²) in [7, 11) is 0. The van der Waals surface area contributed by atoms with Crippen LogP contribution in [0.5, 0.6) is 0 Å². The van der Waals surface area contributed by atoms with E-state index in [1.54, 1.807) is 6.92 Å². The predicted molar refractivity (Wildman–Crippen MR) is 70.6 cm³/mol.